The van der Waals surface area contributed by atoms with E-state index in [1.165, 1.54) is 11.3 Å². The molecular formula is C17H11BrN6OS. The minimum Gasteiger partial charge on any atom is -0.319 e. The first-order chi connectivity index (χ1) is 12.7. The summed E-state index contributed by atoms with van der Waals surface area (Å²) in [4.78, 5) is 25.2. The minimum atomic E-state index is -0.304. The molecule has 1 amide bonds. The van der Waals surface area contributed by atoms with Gasteiger partial charge in [-0.15, -0.1) is 11.3 Å². The quantitative estimate of drug-likeness (QED) is 0.536. The molecule has 9 heteroatoms. The second-order valence-electron chi connectivity index (χ2n) is 5.18. The predicted molar refractivity (Wildman–Crippen MR) is 102 cm³/mol. The summed E-state index contributed by atoms with van der Waals surface area (Å²) in [7, 11) is 0. The van der Waals surface area contributed by atoms with Crippen LogP contribution in [0.4, 0.5) is 5.69 Å². The zero-order valence-corrected chi connectivity index (χ0v) is 15.6. The molecule has 0 aliphatic carbocycles. The van der Waals surface area contributed by atoms with Crippen LogP contribution in [0, 0.1) is 0 Å². The third-order valence-corrected chi connectivity index (χ3v) is 4.69. The largest absolute Gasteiger partial charge is 0.319 e. The molecule has 0 bridgehead atoms. The lowest BCUT2D eigenvalue weighted by molar-refractivity contribution is 0.102. The van der Waals surface area contributed by atoms with Crippen molar-refractivity contribution in [1.82, 2.24) is 24.7 Å². The second kappa shape index (κ2) is 7.14. The average molecular weight is 427 g/mol. The standard InChI is InChI=1S/C17H11BrN6OS/c18-11-8-21-24(9-11)14-5-2-1-4-12(14)22-16(25)13-10-26-17(23-13)15-19-6-3-7-20-15/h1-10H,(H,22,25). The van der Waals surface area contributed by atoms with Crippen LogP contribution in [-0.2, 0) is 0 Å². The van der Waals surface area contributed by atoms with Crippen molar-refractivity contribution < 1.29 is 4.79 Å². The van der Waals surface area contributed by atoms with Gasteiger partial charge in [-0.25, -0.2) is 19.6 Å². The van der Waals surface area contributed by atoms with Gasteiger partial charge in [-0.05, 0) is 34.1 Å². The number of benzene rings is 1. The number of halogens is 1. The van der Waals surface area contributed by atoms with Crippen LogP contribution in [0.1, 0.15) is 10.5 Å². The van der Waals surface area contributed by atoms with Gasteiger partial charge in [-0.3, -0.25) is 4.79 Å². The van der Waals surface area contributed by atoms with Gasteiger partial charge in [0.15, 0.2) is 10.8 Å². The van der Waals surface area contributed by atoms with E-state index in [-0.39, 0.29) is 5.91 Å². The Hall–Kier alpha value is -2.91. The third kappa shape index (κ3) is 3.39. The molecule has 0 spiro atoms. The average Bonchev–Trinajstić information content (AvgIpc) is 3.32. The van der Waals surface area contributed by atoms with E-state index in [0.717, 1.165) is 10.2 Å². The number of hydrogen-bond acceptors (Lipinski definition) is 6. The van der Waals surface area contributed by atoms with Crippen molar-refractivity contribution in [2.45, 2.75) is 0 Å². The van der Waals surface area contributed by atoms with Crippen molar-refractivity contribution in [3.8, 4) is 16.5 Å². The number of nitrogens with zero attached hydrogens (tertiary/aromatic N) is 5. The summed E-state index contributed by atoms with van der Waals surface area (Å²) in [6.45, 7) is 0. The zero-order chi connectivity index (χ0) is 17.9. The van der Waals surface area contributed by atoms with Gasteiger partial charge in [0.2, 0.25) is 0 Å². The van der Waals surface area contributed by atoms with Crippen LogP contribution < -0.4 is 5.32 Å². The van der Waals surface area contributed by atoms with Crippen molar-refractivity contribution in [3.63, 3.8) is 0 Å². The highest BCUT2D eigenvalue weighted by atomic mass is 79.9. The minimum absolute atomic E-state index is 0.304. The van der Waals surface area contributed by atoms with E-state index in [1.54, 1.807) is 34.7 Å². The Morgan fingerprint density at radius 3 is 2.73 bits per heavy atom. The molecule has 0 aliphatic rings. The van der Waals surface area contributed by atoms with Crippen LogP contribution in [0.3, 0.4) is 0 Å². The van der Waals surface area contributed by atoms with Gasteiger partial charge in [-0.1, -0.05) is 12.1 Å². The molecule has 4 rings (SSSR count). The van der Waals surface area contributed by atoms with Crippen LogP contribution in [0.25, 0.3) is 16.5 Å². The summed E-state index contributed by atoms with van der Waals surface area (Å²) in [5.41, 5.74) is 1.71. The fourth-order valence-corrected chi connectivity index (χ4v) is 3.32. The zero-order valence-electron chi connectivity index (χ0n) is 13.2. The van der Waals surface area contributed by atoms with Gasteiger partial charge >= 0.3 is 0 Å². The number of carbonyl (C=O) groups is 1. The van der Waals surface area contributed by atoms with E-state index in [4.69, 9.17) is 0 Å². The molecule has 0 radical (unpaired) electrons. The normalized spacial score (nSPS) is 10.7. The first kappa shape index (κ1) is 16.6. The molecule has 4 aromatic rings. The number of amides is 1. The van der Waals surface area contributed by atoms with E-state index in [9.17, 15) is 4.79 Å². The first-order valence-electron chi connectivity index (χ1n) is 7.54. The van der Waals surface area contributed by atoms with Crippen molar-refractivity contribution >= 4 is 38.9 Å². The summed E-state index contributed by atoms with van der Waals surface area (Å²) in [5.74, 6) is 0.195. The van der Waals surface area contributed by atoms with Gasteiger partial charge in [-0.2, -0.15) is 5.10 Å². The maximum Gasteiger partial charge on any atom is 0.275 e. The summed E-state index contributed by atoms with van der Waals surface area (Å²) in [6, 6.07) is 9.15. The maximum atomic E-state index is 12.6. The molecule has 0 fully saturated rings. The number of para-hydroxylation sites is 2. The van der Waals surface area contributed by atoms with Crippen molar-refractivity contribution in [2.75, 3.05) is 5.32 Å². The molecule has 128 valence electrons. The molecule has 1 aromatic carbocycles. The van der Waals surface area contributed by atoms with Crippen LogP contribution in [0.5, 0.6) is 0 Å². The summed E-state index contributed by atoms with van der Waals surface area (Å²) in [6.07, 6.45) is 6.79. The smallest absolute Gasteiger partial charge is 0.275 e. The van der Waals surface area contributed by atoms with E-state index in [0.29, 0.717) is 22.2 Å². The van der Waals surface area contributed by atoms with Crippen molar-refractivity contribution in [2.24, 2.45) is 0 Å². The number of thiazole rings is 1. The number of nitrogens with one attached hydrogen (secondary N) is 1. The number of hydrogen-bond donors (Lipinski definition) is 1. The highest BCUT2D eigenvalue weighted by Crippen LogP contribution is 2.23. The Morgan fingerprint density at radius 1 is 1.15 bits per heavy atom. The third-order valence-electron chi connectivity index (χ3n) is 3.44. The molecule has 26 heavy (non-hydrogen) atoms. The summed E-state index contributed by atoms with van der Waals surface area (Å²) < 4.78 is 2.54. The molecule has 0 aliphatic heterocycles. The number of aromatic nitrogens is 5. The van der Waals surface area contributed by atoms with E-state index in [1.807, 2.05) is 30.5 Å². The molecular weight excluding hydrogens is 416 g/mol. The predicted octanol–water partition coefficient (Wildman–Crippen LogP) is 3.80. The van der Waals surface area contributed by atoms with Crippen LogP contribution >= 0.6 is 27.3 Å². The van der Waals surface area contributed by atoms with Gasteiger partial charge in [0, 0.05) is 24.0 Å². The molecule has 0 atom stereocenters. The number of carbonyl (C=O) groups excluding carboxylic acids is 1. The number of anilines is 1. The topological polar surface area (TPSA) is 85.6 Å². The van der Waals surface area contributed by atoms with Gasteiger partial charge in [0.25, 0.3) is 5.91 Å². The van der Waals surface area contributed by atoms with Crippen LogP contribution in [-0.4, -0.2) is 30.6 Å². The lowest BCUT2D eigenvalue weighted by Crippen LogP contribution is -2.14. The Morgan fingerprint density at radius 2 is 1.96 bits per heavy atom. The van der Waals surface area contributed by atoms with E-state index in [2.05, 4.69) is 41.3 Å². The lowest BCUT2D eigenvalue weighted by Gasteiger charge is -2.10. The van der Waals surface area contributed by atoms with E-state index >= 15 is 0 Å². The molecule has 3 aromatic heterocycles. The van der Waals surface area contributed by atoms with Gasteiger partial charge in [0.05, 0.1) is 22.0 Å². The number of rotatable bonds is 4. The van der Waals surface area contributed by atoms with Crippen LogP contribution in [0.15, 0.2) is 65.0 Å². The highest BCUT2D eigenvalue weighted by Gasteiger charge is 2.15. The molecule has 0 saturated carbocycles. The molecule has 0 unspecified atom stereocenters. The van der Waals surface area contributed by atoms with Crippen molar-refractivity contribution in [1.29, 1.82) is 0 Å². The van der Waals surface area contributed by atoms with Crippen LogP contribution in [0.2, 0.25) is 0 Å². The maximum absolute atomic E-state index is 12.6. The first-order valence-corrected chi connectivity index (χ1v) is 9.22. The van der Waals surface area contributed by atoms with Gasteiger partial charge < -0.3 is 5.32 Å². The fraction of sp³-hybridized carbons (Fsp3) is 0. The fourth-order valence-electron chi connectivity index (χ4n) is 2.29. The molecule has 3 heterocycles. The molecule has 0 saturated heterocycles. The summed E-state index contributed by atoms with van der Waals surface area (Å²) in [5, 5.41) is 9.43. The Balaban J connectivity index is 1.59. The lowest BCUT2D eigenvalue weighted by atomic mass is 10.2. The Bertz CT molecular complexity index is 1060. The Kier molecular flexibility index (Phi) is 4.55. The van der Waals surface area contributed by atoms with E-state index < -0.39 is 0 Å². The molecule has 1 N–H and O–H groups in total. The SMILES string of the molecule is O=C(Nc1ccccc1-n1cc(Br)cn1)c1csc(-c2ncccn2)n1. The highest BCUT2D eigenvalue weighted by molar-refractivity contribution is 9.10. The molecule has 7 nitrogen and oxygen atoms in total. The monoisotopic (exact) mass is 426 g/mol. The van der Waals surface area contributed by atoms with Gasteiger partial charge in [0.1, 0.15) is 5.69 Å². The summed E-state index contributed by atoms with van der Waals surface area (Å²) >= 11 is 4.70. The Labute approximate surface area is 160 Å². The van der Waals surface area contributed by atoms with Crippen molar-refractivity contribution in [3.05, 3.63) is 70.7 Å². The second-order valence-corrected chi connectivity index (χ2v) is 6.96.